The summed E-state index contributed by atoms with van der Waals surface area (Å²) in [5.41, 5.74) is 1.72. The lowest BCUT2D eigenvalue weighted by atomic mass is 10.0. The van der Waals surface area contributed by atoms with E-state index >= 15 is 0 Å². The number of halogens is 1. The molecule has 0 radical (unpaired) electrons. The number of aromatic nitrogens is 1. The second-order valence-electron chi connectivity index (χ2n) is 11.3. The van der Waals surface area contributed by atoms with Crippen LogP contribution in [-0.4, -0.2) is 97.5 Å². The van der Waals surface area contributed by atoms with Gasteiger partial charge in [-0.05, 0) is 70.2 Å². The number of carbonyl (C=O) groups is 2. The number of amides is 2. The number of pyridine rings is 1. The van der Waals surface area contributed by atoms with E-state index < -0.39 is 11.7 Å². The molecule has 10 nitrogen and oxygen atoms in total. The largest absolute Gasteiger partial charge is 0.492 e. The van der Waals surface area contributed by atoms with Crippen molar-refractivity contribution in [2.24, 2.45) is 0 Å². The van der Waals surface area contributed by atoms with Crippen molar-refractivity contribution in [3.63, 3.8) is 0 Å². The molecule has 2 aromatic carbocycles. The number of nitrogens with one attached hydrogen (secondary N) is 1. The highest BCUT2D eigenvalue weighted by Crippen LogP contribution is 2.41. The Morgan fingerprint density at radius 1 is 1.07 bits per heavy atom. The molecule has 0 atom stereocenters. The van der Waals surface area contributed by atoms with Crippen molar-refractivity contribution < 1.29 is 23.5 Å². The maximum absolute atomic E-state index is 14.6. The number of para-hydroxylation sites is 1. The Morgan fingerprint density at radius 2 is 1.84 bits per heavy atom. The number of likely N-dealkylation sites (tertiary alicyclic amines) is 1. The number of ether oxygens (including phenoxy) is 2. The number of hydrogen-bond donors (Lipinski definition) is 1. The third-order valence-corrected chi connectivity index (χ3v) is 8.52. The molecule has 0 unspecified atom stereocenters. The summed E-state index contributed by atoms with van der Waals surface area (Å²) in [5, 5.41) is 3.24. The van der Waals surface area contributed by atoms with Crippen molar-refractivity contribution in [1.82, 2.24) is 19.7 Å². The molecule has 4 heterocycles. The standard InChI is InChI=1S/C32H37FN6O4/c1-4-42-27-18-21(31(40)39-16-14-38(15-17-39)22-10-12-36(2)13-11-22)8-9-25(27)35-29-19-28-26(20-34-29)37(3)32(41)23-6-5-7-24(33)30(23)43-28/h5-9,18-20,22H,4,10-17H2,1-3H3,(H,34,35). The molecule has 0 aliphatic carbocycles. The minimum Gasteiger partial charge on any atom is -0.492 e. The fourth-order valence-corrected chi connectivity index (χ4v) is 6.02. The molecule has 2 fully saturated rings. The van der Waals surface area contributed by atoms with Gasteiger partial charge in [0.15, 0.2) is 17.3 Å². The van der Waals surface area contributed by atoms with Crippen LogP contribution in [0, 0.1) is 5.82 Å². The first-order valence-electron chi connectivity index (χ1n) is 14.8. The van der Waals surface area contributed by atoms with Gasteiger partial charge in [-0.25, -0.2) is 9.37 Å². The highest BCUT2D eigenvalue weighted by molar-refractivity contribution is 6.09. The van der Waals surface area contributed by atoms with E-state index in [1.807, 2.05) is 11.8 Å². The highest BCUT2D eigenvalue weighted by Gasteiger charge is 2.30. The first-order chi connectivity index (χ1) is 20.8. The molecule has 1 aromatic heterocycles. The monoisotopic (exact) mass is 588 g/mol. The number of rotatable bonds is 6. The summed E-state index contributed by atoms with van der Waals surface area (Å²) in [6.45, 7) is 7.73. The van der Waals surface area contributed by atoms with Gasteiger partial charge in [0.1, 0.15) is 17.3 Å². The summed E-state index contributed by atoms with van der Waals surface area (Å²) in [6.07, 6.45) is 3.87. The Morgan fingerprint density at radius 3 is 2.58 bits per heavy atom. The van der Waals surface area contributed by atoms with Gasteiger partial charge in [0.05, 0.1) is 24.1 Å². The van der Waals surface area contributed by atoms with Gasteiger partial charge in [-0.3, -0.25) is 14.5 Å². The van der Waals surface area contributed by atoms with E-state index in [2.05, 4.69) is 27.1 Å². The third-order valence-electron chi connectivity index (χ3n) is 8.52. The van der Waals surface area contributed by atoms with Crippen LogP contribution in [0.2, 0.25) is 0 Å². The lowest BCUT2D eigenvalue weighted by Gasteiger charge is -2.42. The zero-order valence-corrected chi connectivity index (χ0v) is 24.8. The van der Waals surface area contributed by atoms with Crippen molar-refractivity contribution in [2.75, 3.05) is 70.2 Å². The molecule has 11 heteroatoms. The predicted octanol–water partition coefficient (Wildman–Crippen LogP) is 4.60. The number of hydrogen-bond acceptors (Lipinski definition) is 8. The van der Waals surface area contributed by atoms with E-state index in [0.29, 0.717) is 54.2 Å². The smallest absolute Gasteiger partial charge is 0.262 e. The van der Waals surface area contributed by atoms with Crippen LogP contribution in [0.1, 0.15) is 40.5 Å². The molecule has 1 N–H and O–H groups in total. The van der Waals surface area contributed by atoms with Gasteiger partial charge >= 0.3 is 0 Å². The SMILES string of the molecule is CCOc1cc(C(=O)N2CCN(C3CCN(C)CC3)CC2)ccc1Nc1cc2c(cn1)N(C)C(=O)c1cccc(F)c1O2. The highest BCUT2D eigenvalue weighted by atomic mass is 19.1. The van der Waals surface area contributed by atoms with Gasteiger partial charge in [0, 0.05) is 50.9 Å². The quantitative estimate of drug-likeness (QED) is 0.447. The van der Waals surface area contributed by atoms with Crippen LogP contribution < -0.4 is 19.7 Å². The van der Waals surface area contributed by atoms with Gasteiger partial charge in [-0.1, -0.05) is 6.07 Å². The molecular weight excluding hydrogens is 551 g/mol. The molecule has 3 aromatic rings. The van der Waals surface area contributed by atoms with E-state index in [1.165, 1.54) is 42.1 Å². The maximum Gasteiger partial charge on any atom is 0.262 e. The second kappa shape index (κ2) is 12.2. The number of piperidine rings is 1. The van der Waals surface area contributed by atoms with E-state index in [1.54, 1.807) is 31.3 Å². The number of fused-ring (bicyclic) bond motifs is 2. The molecule has 3 aliphatic rings. The van der Waals surface area contributed by atoms with Crippen LogP contribution in [0.4, 0.5) is 21.6 Å². The third kappa shape index (κ3) is 5.87. The van der Waals surface area contributed by atoms with Crippen LogP contribution in [0.3, 0.4) is 0 Å². The Balaban J connectivity index is 1.17. The van der Waals surface area contributed by atoms with Gasteiger partial charge in [-0.2, -0.15) is 0 Å². The van der Waals surface area contributed by atoms with Crippen LogP contribution in [0.15, 0.2) is 48.7 Å². The molecule has 3 aliphatic heterocycles. The lowest BCUT2D eigenvalue weighted by molar-refractivity contribution is 0.0475. The Bertz CT molecular complexity index is 1520. The van der Waals surface area contributed by atoms with Crippen LogP contribution in [0.5, 0.6) is 17.2 Å². The van der Waals surface area contributed by atoms with Crippen LogP contribution in [-0.2, 0) is 0 Å². The lowest BCUT2D eigenvalue weighted by Crippen LogP contribution is -2.54. The summed E-state index contributed by atoms with van der Waals surface area (Å²) in [5.74, 6) is 0.0460. The Hall–Kier alpha value is -4.22. The summed E-state index contributed by atoms with van der Waals surface area (Å²) >= 11 is 0. The zero-order valence-electron chi connectivity index (χ0n) is 24.8. The minimum absolute atomic E-state index is 0.0134. The molecule has 0 bridgehead atoms. The number of carbonyl (C=O) groups excluding carboxylic acids is 2. The topological polar surface area (TPSA) is 90.5 Å². The second-order valence-corrected chi connectivity index (χ2v) is 11.3. The van der Waals surface area contributed by atoms with Gasteiger partial charge < -0.3 is 29.5 Å². The van der Waals surface area contributed by atoms with E-state index in [-0.39, 0.29) is 23.0 Å². The molecule has 0 saturated carbocycles. The van der Waals surface area contributed by atoms with Gasteiger partial charge in [-0.15, -0.1) is 0 Å². The molecule has 2 amide bonds. The van der Waals surface area contributed by atoms with E-state index in [9.17, 15) is 14.0 Å². The van der Waals surface area contributed by atoms with Crippen molar-refractivity contribution >= 4 is 29.0 Å². The first kappa shape index (κ1) is 28.9. The fourth-order valence-electron chi connectivity index (χ4n) is 6.02. The van der Waals surface area contributed by atoms with Crippen LogP contribution in [0.25, 0.3) is 0 Å². The van der Waals surface area contributed by atoms with Gasteiger partial charge in [0.2, 0.25) is 0 Å². The van der Waals surface area contributed by atoms with E-state index in [0.717, 1.165) is 26.2 Å². The Kier molecular flexibility index (Phi) is 8.18. The zero-order chi connectivity index (χ0) is 30.1. The summed E-state index contributed by atoms with van der Waals surface area (Å²) in [6, 6.07) is 11.8. The van der Waals surface area contributed by atoms with Gasteiger partial charge in [0.25, 0.3) is 11.8 Å². The molecule has 43 heavy (non-hydrogen) atoms. The average molecular weight is 589 g/mol. The Labute approximate surface area is 251 Å². The molecule has 0 spiro atoms. The van der Waals surface area contributed by atoms with Crippen molar-refractivity contribution in [2.45, 2.75) is 25.8 Å². The molecule has 2 saturated heterocycles. The average Bonchev–Trinajstić information content (AvgIpc) is 3.12. The summed E-state index contributed by atoms with van der Waals surface area (Å²) < 4.78 is 26.4. The molecular formula is C32H37FN6O4. The molecule has 6 rings (SSSR count). The van der Waals surface area contributed by atoms with Crippen molar-refractivity contribution in [1.29, 1.82) is 0 Å². The number of anilines is 3. The maximum atomic E-state index is 14.6. The minimum atomic E-state index is -0.624. The van der Waals surface area contributed by atoms with Crippen LogP contribution >= 0.6 is 0 Å². The first-order valence-corrected chi connectivity index (χ1v) is 14.8. The number of nitrogens with zero attached hydrogens (tertiary/aromatic N) is 5. The van der Waals surface area contributed by atoms with Crippen molar-refractivity contribution in [3.8, 4) is 17.2 Å². The molecule has 226 valence electrons. The fraction of sp³-hybridized carbons (Fsp3) is 0.406. The number of piperazine rings is 1. The summed E-state index contributed by atoms with van der Waals surface area (Å²) in [4.78, 5) is 39.1. The summed E-state index contributed by atoms with van der Waals surface area (Å²) in [7, 11) is 3.77. The number of benzene rings is 2. The predicted molar refractivity (Wildman–Crippen MR) is 162 cm³/mol. The normalized spacial score (nSPS) is 18.0. The van der Waals surface area contributed by atoms with E-state index in [4.69, 9.17) is 9.47 Å². The van der Waals surface area contributed by atoms with Crippen molar-refractivity contribution in [3.05, 3.63) is 65.6 Å².